The van der Waals surface area contributed by atoms with Gasteiger partial charge in [-0.05, 0) is 6.42 Å². The molecule has 0 aromatic carbocycles. The summed E-state index contributed by atoms with van der Waals surface area (Å²) < 4.78 is 0. The SMILES string of the molecule is CCCCCCCCCCCCCC[C@@H]1NC[C@H](N)[C@@H]1O. The van der Waals surface area contributed by atoms with Crippen LogP contribution in [0.3, 0.4) is 0 Å². The Balaban J connectivity index is 1.77. The monoisotopic (exact) mass is 298 g/mol. The van der Waals surface area contributed by atoms with Crippen molar-refractivity contribution in [3.63, 3.8) is 0 Å². The molecule has 0 aromatic heterocycles. The maximum Gasteiger partial charge on any atom is 0.0856 e. The number of nitrogens with one attached hydrogen (secondary N) is 1. The van der Waals surface area contributed by atoms with E-state index in [0.717, 1.165) is 13.0 Å². The van der Waals surface area contributed by atoms with Crippen LogP contribution in [0, 0.1) is 0 Å². The molecular weight excluding hydrogens is 260 g/mol. The third-order valence-electron chi connectivity index (χ3n) is 4.84. The van der Waals surface area contributed by atoms with Crippen molar-refractivity contribution >= 4 is 0 Å². The second kappa shape index (κ2) is 12.4. The van der Waals surface area contributed by atoms with Gasteiger partial charge in [0.1, 0.15) is 0 Å². The average Bonchev–Trinajstić information content (AvgIpc) is 2.80. The predicted molar refractivity (Wildman–Crippen MR) is 91.5 cm³/mol. The molecular formula is C18H38N2O. The van der Waals surface area contributed by atoms with Crippen molar-refractivity contribution in [2.45, 2.75) is 109 Å². The normalized spacial score (nSPS) is 25.6. The number of hydrogen-bond donors (Lipinski definition) is 3. The smallest absolute Gasteiger partial charge is 0.0856 e. The van der Waals surface area contributed by atoms with Crippen molar-refractivity contribution in [3.8, 4) is 0 Å². The van der Waals surface area contributed by atoms with Crippen molar-refractivity contribution in [3.05, 3.63) is 0 Å². The molecule has 0 aromatic rings. The van der Waals surface area contributed by atoms with Gasteiger partial charge in [-0.15, -0.1) is 0 Å². The lowest BCUT2D eigenvalue weighted by Crippen LogP contribution is -2.37. The predicted octanol–water partition coefficient (Wildman–Crippen LogP) is 3.74. The standard InChI is InChI=1S/C18H38N2O/c1-2-3-4-5-6-7-8-9-10-11-12-13-14-17-18(21)16(19)15-20-17/h16-18,20-21H,2-15,19H2,1H3/t16-,17-,18-/m0/s1. The van der Waals surface area contributed by atoms with Gasteiger partial charge in [0.15, 0.2) is 0 Å². The van der Waals surface area contributed by atoms with Gasteiger partial charge in [-0.1, -0.05) is 84.0 Å². The van der Waals surface area contributed by atoms with Crippen LogP contribution in [0.25, 0.3) is 0 Å². The molecule has 3 nitrogen and oxygen atoms in total. The van der Waals surface area contributed by atoms with Crippen molar-refractivity contribution in [1.29, 1.82) is 0 Å². The molecule has 21 heavy (non-hydrogen) atoms. The molecule has 0 saturated carbocycles. The Morgan fingerprint density at radius 3 is 1.76 bits per heavy atom. The number of nitrogens with two attached hydrogens (primary N) is 1. The topological polar surface area (TPSA) is 58.3 Å². The zero-order valence-corrected chi connectivity index (χ0v) is 14.2. The summed E-state index contributed by atoms with van der Waals surface area (Å²) in [7, 11) is 0. The molecule has 3 atom stereocenters. The second-order valence-electron chi connectivity index (χ2n) is 6.85. The van der Waals surface area contributed by atoms with E-state index in [-0.39, 0.29) is 18.2 Å². The van der Waals surface area contributed by atoms with Crippen LogP contribution in [-0.4, -0.2) is 29.8 Å². The minimum absolute atomic E-state index is 0.0627. The Morgan fingerprint density at radius 1 is 0.857 bits per heavy atom. The number of rotatable bonds is 13. The highest BCUT2D eigenvalue weighted by atomic mass is 16.3. The first kappa shape index (κ1) is 18.9. The van der Waals surface area contributed by atoms with Crippen LogP contribution in [-0.2, 0) is 0 Å². The summed E-state index contributed by atoms with van der Waals surface area (Å²) in [5.74, 6) is 0. The number of unbranched alkanes of at least 4 members (excludes halogenated alkanes) is 11. The van der Waals surface area contributed by atoms with Gasteiger partial charge in [0.05, 0.1) is 6.10 Å². The fraction of sp³-hybridized carbons (Fsp3) is 1.00. The lowest BCUT2D eigenvalue weighted by molar-refractivity contribution is 0.139. The summed E-state index contributed by atoms with van der Waals surface area (Å²) in [6, 6.07) is 0.176. The molecule has 0 amide bonds. The minimum Gasteiger partial charge on any atom is -0.390 e. The quantitative estimate of drug-likeness (QED) is 0.454. The summed E-state index contributed by atoms with van der Waals surface area (Å²) in [6.07, 6.45) is 17.3. The summed E-state index contributed by atoms with van der Waals surface area (Å²) in [4.78, 5) is 0. The van der Waals surface area contributed by atoms with E-state index in [1.54, 1.807) is 0 Å². The molecule has 1 rings (SSSR count). The zero-order chi connectivity index (χ0) is 15.3. The van der Waals surface area contributed by atoms with E-state index in [2.05, 4.69) is 12.2 Å². The van der Waals surface area contributed by atoms with E-state index in [9.17, 15) is 5.11 Å². The van der Waals surface area contributed by atoms with Crippen LogP contribution in [0.5, 0.6) is 0 Å². The molecule has 1 heterocycles. The average molecular weight is 299 g/mol. The van der Waals surface area contributed by atoms with E-state index in [4.69, 9.17) is 5.73 Å². The zero-order valence-electron chi connectivity index (χ0n) is 14.2. The van der Waals surface area contributed by atoms with E-state index in [1.165, 1.54) is 77.0 Å². The Morgan fingerprint density at radius 2 is 1.33 bits per heavy atom. The maximum atomic E-state index is 9.85. The number of hydrogen-bond acceptors (Lipinski definition) is 3. The van der Waals surface area contributed by atoms with E-state index in [1.807, 2.05) is 0 Å². The van der Waals surface area contributed by atoms with Crippen molar-refractivity contribution in [2.24, 2.45) is 5.73 Å². The summed E-state index contributed by atoms with van der Waals surface area (Å²) in [5.41, 5.74) is 5.79. The molecule has 0 aliphatic carbocycles. The van der Waals surface area contributed by atoms with Crippen LogP contribution in [0.4, 0.5) is 0 Å². The molecule has 0 bridgehead atoms. The summed E-state index contributed by atoms with van der Waals surface area (Å²) in [6.45, 7) is 3.04. The van der Waals surface area contributed by atoms with Gasteiger partial charge in [0, 0.05) is 18.6 Å². The first-order chi connectivity index (χ1) is 10.3. The Kier molecular flexibility index (Phi) is 11.2. The van der Waals surface area contributed by atoms with Crippen molar-refractivity contribution in [1.82, 2.24) is 5.32 Å². The molecule has 126 valence electrons. The molecule has 0 spiro atoms. The van der Waals surface area contributed by atoms with Crippen LogP contribution in [0.15, 0.2) is 0 Å². The van der Waals surface area contributed by atoms with Gasteiger partial charge in [0.25, 0.3) is 0 Å². The summed E-state index contributed by atoms with van der Waals surface area (Å²) in [5, 5.41) is 13.2. The second-order valence-corrected chi connectivity index (χ2v) is 6.85. The largest absolute Gasteiger partial charge is 0.390 e. The van der Waals surface area contributed by atoms with E-state index < -0.39 is 0 Å². The fourth-order valence-electron chi connectivity index (χ4n) is 3.31. The van der Waals surface area contributed by atoms with Gasteiger partial charge in [0.2, 0.25) is 0 Å². The van der Waals surface area contributed by atoms with Gasteiger partial charge in [-0.3, -0.25) is 0 Å². The van der Waals surface area contributed by atoms with Crippen LogP contribution in [0.1, 0.15) is 90.4 Å². The Hall–Kier alpha value is -0.120. The first-order valence-corrected chi connectivity index (χ1v) is 9.42. The highest BCUT2D eigenvalue weighted by molar-refractivity contribution is 4.92. The number of aliphatic hydroxyl groups is 1. The van der Waals surface area contributed by atoms with Crippen LogP contribution < -0.4 is 11.1 Å². The Bertz CT molecular complexity index is 235. The lowest BCUT2D eigenvalue weighted by Gasteiger charge is -2.16. The molecule has 1 aliphatic rings. The molecule has 1 fully saturated rings. The highest BCUT2D eigenvalue weighted by Crippen LogP contribution is 2.16. The summed E-state index contributed by atoms with van der Waals surface area (Å²) >= 11 is 0. The molecule has 1 aliphatic heterocycles. The Labute approximate surface area is 132 Å². The lowest BCUT2D eigenvalue weighted by atomic mass is 10.0. The molecule has 4 N–H and O–H groups in total. The van der Waals surface area contributed by atoms with Crippen LogP contribution in [0.2, 0.25) is 0 Å². The third kappa shape index (κ3) is 8.80. The fourth-order valence-corrected chi connectivity index (χ4v) is 3.31. The van der Waals surface area contributed by atoms with Gasteiger partial charge >= 0.3 is 0 Å². The van der Waals surface area contributed by atoms with E-state index in [0.29, 0.717) is 0 Å². The third-order valence-corrected chi connectivity index (χ3v) is 4.84. The van der Waals surface area contributed by atoms with Gasteiger partial charge in [-0.25, -0.2) is 0 Å². The molecule has 3 heteroatoms. The van der Waals surface area contributed by atoms with Crippen molar-refractivity contribution < 1.29 is 5.11 Å². The van der Waals surface area contributed by atoms with Gasteiger partial charge < -0.3 is 16.2 Å². The first-order valence-electron chi connectivity index (χ1n) is 9.42. The minimum atomic E-state index is -0.335. The van der Waals surface area contributed by atoms with Gasteiger partial charge in [-0.2, -0.15) is 0 Å². The molecule has 0 unspecified atom stereocenters. The maximum absolute atomic E-state index is 9.85. The highest BCUT2D eigenvalue weighted by Gasteiger charge is 2.30. The van der Waals surface area contributed by atoms with Crippen LogP contribution >= 0.6 is 0 Å². The van der Waals surface area contributed by atoms with E-state index >= 15 is 0 Å². The molecule has 1 saturated heterocycles. The molecule has 0 radical (unpaired) electrons. The number of aliphatic hydroxyl groups excluding tert-OH is 1. The van der Waals surface area contributed by atoms with Crippen molar-refractivity contribution in [2.75, 3.05) is 6.54 Å².